The van der Waals surface area contributed by atoms with Crippen LogP contribution < -0.4 is 0 Å². The van der Waals surface area contributed by atoms with Gasteiger partial charge in [0.25, 0.3) is 5.91 Å². The fraction of sp³-hybridized carbons (Fsp3) is 0.250. The van der Waals surface area contributed by atoms with Crippen LogP contribution in [0, 0.1) is 6.92 Å². The van der Waals surface area contributed by atoms with Crippen molar-refractivity contribution < 1.29 is 4.79 Å². The molecule has 3 nitrogen and oxygen atoms in total. The second-order valence-corrected chi connectivity index (χ2v) is 4.96. The number of aryl methyl sites for hydroxylation is 1. The standard InChI is InChI=1S/C16H16N2O/c1-12-6-8-17-15(10-12)16(19)18-9-7-13-4-2-3-5-14(13)11-18/h2-6,8,10H,7,9,11H2,1H3. The molecule has 1 amide bonds. The number of hydrogen-bond donors (Lipinski definition) is 0. The van der Waals surface area contributed by atoms with Gasteiger partial charge in [0.05, 0.1) is 0 Å². The van der Waals surface area contributed by atoms with Gasteiger partial charge in [-0.25, -0.2) is 0 Å². The minimum absolute atomic E-state index is 0.0261. The Kier molecular flexibility index (Phi) is 3.03. The summed E-state index contributed by atoms with van der Waals surface area (Å²) in [5, 5.41) is 0. The summed E-state index contributed by atoms with van der Waals surface area (Å²) in [6.45, 7) is 3.43. The zero-order chi connectivity index (χ0) is 13.2. The molecule has 96 valence electrons. The van der Waals surface area contributed by atoms with E-state index in [4.69, 9.17) is 0 Å². The van der Waals surface area contributed by atoms with Crippen LogP contribution in [-0.4, -0.2) is 22.3 Å². The Balaban J connectivity index is 1.83. The van der Waals surface area contributed by atoms with Gasteiger partial charge in [-0.1, -0.05) is 24.3 Å². The minimum atomic E-state index is 0.0261. The van der Waals surface area contributed by atoms with E-state index in [-0.39, 0.29) is 5.91 Å². The van der Waals surface area contributed by atoms with Crippen LogP contribution >= 0.6 is 0 Å². The van der Waals surface area contributed by atoms with Crippen molar-refractivity contribution in [2.45, 2.75) is 19.9 Å². The number of fused-ring (bicyclic) bond motifs is 1. The van der Waals surface area contributed by atoms with Gasteiger partial charge in [-0.05, 0) is 42.2 Å². The summed E-state index contributed by atoms with van der Waals surface area (Å²) < 4.78 is 0. The molecule has 2 aromatic rings. The number of benzene rings is 1. The summed E-state index contributed by atoms with van der Waals surface area (Å²) in [6.07, 6.45) is 2.62. The Morgan fingerprint density at radius 1 is 1.21 bits per heavy atom. The monoisotopic (exact) mass is 252 g/mol. The molecule has 0 aliphatic carbocycles. The van der Waals surface area contributed by atoms with E-state index in [1.807, 2.05) is 30.0 Å². The van der Waals surface area contributed by atoms with Crippen LogP contribution in [0.3, 0.4) is 0 Å². The first-order valence-electron chi connectivity index (χ1n) is 6.53. The van der Waals surface area contributed by atoms with Gasteiger partial charge in [0, 0.05) is 19.3 Å². The van der Waals surface area contributed by atoms with Gasteiger partial charge in [0.1, 0.15) is 5.69 Å². The highest BCUT2D eigenvalue weighted by Gasteiger charge is 2.22. The molecular formula is C16H16N2O. The Morgan fingerprint density at radius 3 is 2.79 bits per heavy atom. The van der Waals surface area contributed by atoms with Crippen LogP contribution in [0.5, 0.6) is 0 Å². The summed E-state index contributed by atoms with van der Waals surface area (Å²) in [6, 6.07) is 12.1. The number of aromatic nitrogens is 1. The van der Waals surface area contributed by atoms with Gasteiger partial charge in [-0.2, -0.15) is 0 Å². The summed E-state index contributed by atoms with van der Waals surface area (Å²) in [4.78, 5) is 18.5. The number of carbonyl (C=O) groups excluding carboxylic acids is 1. The molecule has 0 spiro atoms. The molecule has 1 aliphatic rings. The molecule has 19 heavy (non-hydrogen) atoms. The molecule has 0 fully saturated rings. The number of carbonyl (C=O) groups is 1. The summed E-state index contributed by atoms with van der Waals surface area (Å²) in [5.74, 6) is 0.0261. The van der Waals surface area contributed by atoms with E-state index in [1.165, 1.54) is 11.1 Å². The van der Waals surface area contributed by atoms with E-state index in [2.05, 4.69) is 23.2 Å². The summed E-state index contributed by atoms with van der Waals surface area (Å²) >= 11 is 0. The largest absolute Gasteiger partial charge is 0.333 e. The number of pyridine rings is 1. The van der Waals surface area contributed by atoms with E-state index in [0.29, 0.717) is 12.2 Å². The van der Waals surface area contributed by atoms with Crippen molar-refractivity contribution in [1.82, 2.24) is 9.88 Å². The third-order valence-electron chi connectivity index (χ3n) is 3.55. The molecule has 1 aromatic carbocycles. The first-order valence-corrected chi connectivity index (χ1v) is 6.53. The van der Waals surface area contributed by atoms with Gasteiger partial charge in [-0.3, -0.25) is 9.78 Å². The topological polar surface area (TPSA) is 33.2 Å². The number of rotatable bonds is 1. The molecule has 0 N–H and O–H groups in total. The number of nitrogens with zero attached hydrogens (tertiary/aromatic N) is 2. The second kappa shape index (κ2) is 4.84. The van der Waals surface area contributed by atoms with Crippen molar-refractivity contribution in [3.8, 4) is 0 Å². The van der Waals surface area contributed by atoms with E-state index in [1.54, 1.807) is 6.20 Å². The van der Waals surface area contributed by atoms with Crippen molar-refractivity contribution in [3.63, 3.8) is 0 Å². The lowest BCUT2D eigenvalue weighted by molar-refractivity contribution is 0.0728. The Morgan fingerprint density at radius 2 is 2.00 bits per heavy atom. The Hall–Kier alpha value is -2.16. The molecule has 3 heteroatoms. The molecule has 0 saturated carbocycles. The third-order valence-corrected chi connectivity index (χ3v) is 3.55. The van der Waals surface area contributed by atoms with Crippen LogP contribution in [0.2, 0.25) is 0 Å². The van der Waals surface area contributed by atoms with Crippen molar-refractivity contribution in [2.75, 3.05) is 6.54 Å². The van der Waals surface area contributed by atoms with Crippen LogP contribution in [0.1, 0.15) is 27.2 Å². The maximum atomic E-state index is 12.4. The predicted molar refractivity (Wildman–Crippen MR) is 73.9 cm³/mol. The lowest BCUT2D eigenvalue weighted by Gasteiger charge is -2.28. The smallest absolute Gasteiger partial charge is 0.272 e. The molecule has 0 radical (unpaired) electrons. The normalized spacial score (nSPS) is 14.1. The van der Waals surface area contributed by atoms with Crippen LogP contribution in [-0.2, 0) is 13.0 Å². The second-order valence-electron chi connectivity index (χ2n) is 4.96. The number of hydrogen-bond acceptors (Lipinski definition) is 2. The Bertz CT molecular complexity index is 622. The minimum Gasteiger partial charge on any atom is -0.333 e. The molecule has 0 atom stereocenters. The van der Waals surface area contributed by atoms with E-state index < -0.39 is 0 Å². The molecular weight excluding hydrogens is 236 g/mol. The highest BCUT2D eigenvalue weighted by molar-refractivity contribution is 5.92. The molecule has 1 aromatic heterocycles. The van der Waals surface area contributed by atoms with Crippen molar-refractivity contribution in [1.29, 1.82) is 0 Å². The molecule has 0 saturated heterocycles. The highest BCUT2D eigenvalue weighted by Crippen LogP contribution is 2.19. The molecule has 2 heterocycles. The molecule has 1 aliphatic heterocycles. The van der Waals surface area contributed by atoms with Crippen LogP contribution in [0.4, 0.5) is 0 Å². The van der Waals surface area contributed by atoms with E-state index in [9.17, 15) is 4.79 Å². The third kappa shape index (κ3) is 2.36. The van der Waals surface area contributed by atoms with Gasteiger partial charge < -0.3 is 4.90 Å². The predicted octanol–water partition coefficient (Wildman–Crippen LogP) is 2.59. The maximum Gasteiger partial charge on any atom is 0.272 e. The SMILES string of the molecule is Cc1ccnc(C(=O)N2CCc3ccccc3C2)c1. The molecule has 0 bridgehead atoms. The van der Waals surface area contributed by atoms with Gasteiger partial charge in [0.15, 0.2) is 0 Å². The first kappa shape index (κ1) is 11.9. The van der Waals surface area contributed by atoms with E-state index in [0.717, 1.165) is 18.5 Å². The average Bonchev–Trinajstić information content (AvgIpc) is 2.46. The lowest BCUT2D eigenvalue weighted by atomic mass is 9.99. The van der Waals surface area contributed by atoms with Crippen molar-refractivity contribution in [3.05, 3.63) is 65.0 Å². The van der Waals surface area contributed by atoms with Crippen LogP contribution in [0.15, 0.2) is 42.6 Å². The Labute approximate surface area is 112 Å². The van der Waals surface area contributed by atoms with Crippen molar-refractivity contribution >= 4 is 5.91 Å². The van der Waals surface area contributed by atoms with Crippen molar-refractivity contribution in [2.24, 2.45) is 0 Å². The zero-order valence-corrected chi connectivity index (χ0v) is 11.0. The fourth-order valence-corrected chi connectivity index (χ4v) is 2.48. The first-order chi connectivity index (χ1) is 9.24. The maximum absolute atomic E-state index is 12.4. The number of amides is 1. The van der Waals surface area contributed by atoms with Gasteiger partial charge in [0.2, 0.25) is 0 Å². The van der Waals surface area contributed by atoms with E-state index >= 15 is 0 Å². The summed E-state index contributed by atoms with van der Waals surface area (Å²) in [5.41, 5.74) is 4.20. The summed E-state index contributed by atoms with van der Waals surface area (Å²) in [7, 11) is 0. The highest BCUT2D eigenvalue weighted by atomic mass is 16.2. The molecule has 3 rings (SSSR count). The van der Waals surface area contributed by atoms with Crippen LogP contribution in [0.25, 0.3) is 0 Å². The fourth-order valence-electron chi connectivity index (χ4n) is 2.48. The average molecular weight is 252 g/mol. The zero-order valence-electron chi connectivity index (χ0n) is 11.0. The van der Waals surface area contributed by atoms with Gasteiger partial charge in [-0.15, -0.1) is 0 Å². The lowest BCUT2D eigenvalue weighted by Crippen LogP contribution is -2.36. The quantitative estimate of drug-likeness (QED) is 0.781. The van der Waals surface area contributed by atoms with Gasteiger partial charge >= 0.3 is 0 Å². The molecule has 0 unspecified atom stereocenters.